The highest BCUT2D eigenvalue weighted by Gasteiger charge is 2.27. The Morgan fingerprint density at radius 2 is 2.05 bits per heavy atom. The fraction of sp³-hybridized carbons (Fsp3) is 0.615. The molecule has 7 heteroatoms. The van der Waals surface area contributed by atoms with Crippen molar-refractivity contribution in [2.24, 2.45) is 12.5 Å². The third-order valence-electron chi connectivity index (χ3n) is 3.92. The van der Waals surface area contributed by atoms with Gasteiger partial charge in [-0.2, -0.15) is 0 Å². The van der Waals surface area contributed by atoms with Crippen molar-refractivity contribution in [1.29, 1.82) is 0 Å². The fourth-order valence-corrected chi connectivity index (χ4v) is 3.00. The van der Waals surface area contributed by atoms with Gasteiger partial charge in [-0.1, -0.05) is 29.8 Å². The van der Waals surface area contributed by atoms with Gasteiger partial charge >= 0.3 is 5.82 Å². The summed E-state index contributed by atoms with van der Waals surface area (Å²) >= 11 is 3.49. The lowest BCUT2D eigenvalue weighted by atomic mass is 9.84. The topological polar surface area (TPSA) is 77.2 Å². The number of carbonyl (C=O) groups is 1. The number of halogens is 1. The number of hydrogen-bond donors (Lipinski definition) is 1. The molecule has 0 spiro atoms. The zero-order valence-corrected chi connectivity index (χ0v) is 13.6. The van der Waals surface area contributed by atoms with E-state index in [1.54, 1.807) is 0 Å². The second-order valence-corrected chi connectivity index (χ2v) is 5.48. The number of hydrogen-bond acceptors (Lipinski definition) is 3. The first-order valence-electron chi connectivity index (χ1n) is 6.55. The second-order valence-electron chi connectivity index (χ2n) is 4.92. The first-order valence-corrected chi connectivity index (χ1v) is 7.67. The summed E-state index contributed by atoms with van der Waals surface area (Å²) in [5, 5.41) is 14.4. The number of nitrogens with one attached hydrogen (secondary N) is 1. The van der Waals surface area contributed by atoms with Crippen LogP contribution in [-0.4, -0.2) is 27.3 Å². The van der Waals surface area contributed by atoms with Crippen molar-refractivity contribution in [1.82, 2.24) is 9.88 Å². The molecular formula is C13H20BrN3O3. The van der Waals surface area contributed by atoms with Crippen molar-refractivity contribution in [3.8, 4) is 0 Å². The molecule has 0 atom stereocenters. The summed E-state index contributed by atoms with van der Waals surface area (Å²) < 4.78 is 1.29. The number of nitrogens with zero attached hydrogens (tertiary/aromatic N) is 2. The largest absolute Gasteiger partial charge is 0.358 e. The van der Waals surface area contributed by atoms with Gasteiger partial charge in [0.05, 0.1) is 7.05 Å². The summed E-state index contributed by atoms with van der Waals surface area (Å²) in [6, 6.07) is 2.81. The Kier molecular flexibility index (Phi) is 5.74. The van der Waals surface area contributed by atoms with E-state index in [0.717, 1.165) is 18.2 Å². The molecule has 0 aliphatic heterocycles. The summed E-state index contributed by atoms with van der Waals surface area (Å²) in [5.41, 5.74) is 0.319. The van der Waals surface area contributed by atoms with Crippen molar-refractivity contribution >= 4 is 27.7 Å². The third kappa shape index (κ3) is 3.39. The summed E-state index contributed by atoms with van der Waals surface area (Å²) in [6.07, 6.45) is 1.89. The predicted octanol–water partition coefficient (Wildman–Crippen LogP) is 2.86. The normalized spacial score (nSPS) is 11.4. The molecule has 0 radical (unpaired) electrons. The Labute approximate surface area is 126 Å². The van der Waals surface area contributed by atoms with Crippen LogP contribution in [0.25, 0.3) is 0 Å². The lowest BCUT2D eigenvalue weighted by Gasteiger charge is -2.29. The lowest BCUT2D eigenvalue weighted by Crippen LogP contribution is -2.38. The Morgan fingerprint density at radius 1 is 1.45 bits per heavy atom. The van der Waals surface area contributed by atoms with Crippen molar-refractivity contribution in [3.63, 3.8) is 0 Å². The highest BCUT2D eigenvalue weighted by molar-refractivity contribution is 9.09. The van der Waals surface area contributed by atoms with Gasteiger partial charge in [0.15, 0.2) is 5.69 Å². The minimum absolute atomic E-state index is 0.0206. The number of nitro groups is 1. The Balaban J connectivity index is 2.80. The minimum atomic E-state index is -0.502. The van der Waals surface area contributed by atoms with Gasteiger partial charge in [0.25, 0.3) is 5.91 Å². The van der Waals surface area contributed by atoms with Gasteiger partial charge in [-0.15, -0.1) is 0 Å². The van der Waals surface area contributed by atoms with Crippen LogP contribution < -0.4 is 5.32 Å². The molecule has 0 aliphatic rings. The molecular weight excluding hydrogens is 326 g/mol. The van der Waals surface area contributed by atoms with Gasteiger partial charge in [0.2, 0.25) is 0 Å². The van der Waals surface area contributed by atoms with Crippen LogP contribution in [0.15, 0.2) is 12.1 Å². The molecule has 0 saturated carbocycles. The van der Waals surface area contributed by atoms with Crippen LogP contribution >= 0.6 is 15.9 Å². The van der Waals surface area contributed by atoms with E-state index >= 15 is 0 Å². The van der Waals surface area contributed by atoms with E-state index in [9.17, 15) is 14.9 Å². The molecule has 20 heavy (non-hydrogen) atoms. The molecule has 0 fully saturated rings. The van der Waals surface area contributed by atoms with Crippen molar-refractivity contribution in [2.75, 3.05) is 11.9 Å². The van der Waals surface area contributed by atoms with Crippen LogP contribution in [0, 0.1) is 15.5 Å². The Hall–Kier alpha value is -1.37. The molecule has 1 aromatic heterocycles. The van der Waals surface area contributed by atoms with Crippen LogP contribution in [0.5, 0.6) is 0 Å². The van der Waals surface area contributed by atoms with Crippen molar-refractivity contribution in [2.45, 2.75) is 26.7 Å². The van der Waals surface area contributed by atoms with Crippen LogP contribution in [0.2, 0.25) is 0 Å². The number of alkyl halides is 1. The van der Waals surface area contributed by atoms with Gasteiger partial charge in [0, 0.05) is 17.9 Å². The quantitative estimate of drug-likeness (QED) is 0.468. The maximum Gasteiger partial charge on any atom is 0.323 e. The molecule has 0 aliphatic carbocycles. The zero-order valence-electron chi connectivity index (χ0n) is 12.0. The molecule has 6 nitrogen and oxygen atoms in total. The SMILES string of the molecule is CCC(CC)(CBr)CNC(=O)c1ccc([N+](=O)[O-])n1C. The van der Waals surface area contributed by atoms with E-state index in [1.165, 1.54) is 23.7 Å². The van der Waals surface area contributed by atoms with Crippen LogP contribution in [-0.2, 0) is 7.05 Å². The molecule has 1 amide bonds. The van der Waals surface area contributed by atoms with Crippen molar-refractivity contribution < 1.29 is 9.72 Å². The molecule has 1 aromatic rings. The fourth-order valence-electron chi connectivity index (χ4n) is 2.01. The van der Waals surface area contributed by atoms with Gasteiger partial charge in [-0.3, -0.25) is 4.79 Å². The summed E-state index contributed by atoms with van der Waals surface area (Å²) in [4.78, 5) is 22.4. The average Bonchev–Trinajstić information content (AvgIpc) is 2.82. The smallest absolute Gasteiger partial charge is 0.323 e. The second kappa shape index (κ2) is 6.88. The highest BCUT2D eigenvalue weighted by atomic mass is 79.9. The summed E-state index contributed by atoms with van der Waals surface area (Å²) in [5.74, 6) is -0.374. The molecule has 0 aromatic carbocycles. The van der Waals surface area contributed by atoms with E-state index in [-0.39, 0.29) is 17.1 Å². The van der Waals surface area contributed by atoms with Crippen LogP contribution in [0.3, 0.4) is 0 Å². The molecule has 0 unspecified atom stereocenters. The third-order valence-corrected chi connectivity index (χ3v) is 5.11. The van der Waals surface area contributed by atoms with Gasteiger partial charge < -0.3 is 15.4 Å². The van der Waals surface area contributed by atoms with Gasteiger partial charge in [0.1, 0.15) is 0 Å². The lowest BCUT2D eigenvalue weighted by molar-refractivity contribution is -0.391. The summed E-state index contributed by atoms with van der Waals surface area (Å²) in [6.45, 7) is 4.72. The Bertz CT molecular complexity index is 487. The van der Waals surface area contributed by atoms with E-state index in [2.05, 4.69) is 35.1 Å². The molecule has 0 bridgehead atoms. The maximum atomic E-state index is 12.1. The minimum Gasteiger partial charge on any atom is -0.358 e. The monoisotopic (exact) mass is 345 g/mol. The van der Waals surface area contributed by atoms with Crippen molar-refractivity contribution in [3.05, 3.63) is 27.9 Å². The highest BCUT2D eigenvalue weighted by Crippen LogP contribution is 2.28. The number of carbonyl (C=O) groups excluding carboxylic acids is 1. The molecule has 1 rings (SSSR count). The standard InChI is InChI=1S/C13H20BrN3O3/c1-4-13(5-2,8-14)9-15-12(18)10-6-7-11(16(10)3)17(19)20/h6-7H,4-5,8-9H2,1-3H3,(H,15,18). The van der Waals surface area contributed by atoms with Gasteiger partial charge in [-0.05, 0) is 29.2 Å². The van der Waals surface area contributed by atoms with E-state index in [1.807, 2.05) is 0 Å². The molecule has 1 heterocycles. The first-order chi connectivity index (χ1) is 9.40. The maximum absolute atomic E-state index is 12.1. The van der Waals surface area contributed by atoms with E-state index in [0.29, 0.717) is 12.2 Å². The number of amides is 1. The Morgan fingerprint density at radius 3 is 2.45 bits per heavy atom. The zero-order chi connectivity index (χ0) is 15.3. The van der Waals surface area contributed by atoms with Crippen LogP contribution in [0.1, 0.15) is 37.2 Å². The van der Waals surface area contributed by atoms with E-state index in [4.69, 9.17) is 0 Å². The first kappa shape index (κ1) is 16.7. The van der Waals surface area contributed by atoms with E-state index < -0.39 is 4.92 Å². The molecule has 112 valence electrons. The summed E-state index contributed by atoms with van der Waals surface area (Å²) in [7, 11) is 1.52. The molecule has 0 saturated heterocycles. The number of aromatic nitrogens is 1. The molecule has 1 N–H and O–H groups in total. The van der Waals surface area contributed by atoms with Gasteiger partial charge in [-0.25, -0.2) is 4.57 Å². The average molecular weight is 346 g/mol. The predicted molar refractivity (Wildman–Crippen MR) is 81.2 cm³/mol. The van der Waals surface area contributed by atoms with Crippen LogP contribution in [0.4, 0.5) is 5.82 Å². The number of rotatable bonds is 7.